The lowest BCUT2D eigenvalue weighted by Gasteiger charge is -2.21. The van der Waals surface area contributed by atoms with Gasteiger partial charge in [0, 0.05) is 12.6 Å². The van der Waals surface area contributed by atoms with E-state index in [9.17, 15) is 24.1 Å². The molecule has 1 unspecified atom stereocenters. The second-order valence-electron chi connectivity index (χ2n) is 4.58. The molecular formula is C12H12FN3O5. The molecule has 21 heavy (non-hydrogen) atoms. The van der Waals surface area contributed by atoms with E-state index in [1.165, 1.54) is 0 Å². The van der Waals surface area contributed by atoms with Crippen LogP contribution in [0.4, 0.5) is 20.6 Å². The molecule has 1 fully saturated rings. The third-order valence-corrected chi connectivity index (χ3v) is 3.14. The first-order valence-corrected chi connectivity index (χ1v) is 6.14. The first-order valence-electron chi connectivity index (χ1n) is 6.14. The molecule has 2 amide bonds. The Morgan fingerprint density at radius 3 is 2.76 bits per heavy atom. The number of benzene rings is 1. The van der Waals surface area contributed by atoms with Gasteiger partial charge in [-0.3, -0.25) is 10.1 Å². The number of hydrogen-bond acceptors (Lipinski definition) is 4. The van der Waals surface area contributed by atoms with Crippen LogP contribution in [0.2, 0.25) is 0 Å². The average molecular weight is 297 g/mol. The molecular weight excluding hydrogens is 285 g/mol. The Morgan fingerprint density at radius 1 is 1.43 bits per heavy atom. The number of carbonyl (C=O) groups is 2. The molecule has 112 valence electrons. The summed E-state index contributed by atoms with van der Waals surface area (Å²) < 4.78 is 13.3. The number of nitro benzene ring substituents is 1. The molecule has 0 bridgehead atoms. The number of aliphatic carboxylic acids is 1. The Hall–Kier alpha value is -2.71. The first kappa shape index (κ1) is 14.7. The number of nitrogens with zero attached hydrogens (tertiary/aromatic N) is 2. The number of carboxylic acids is 1. The van der Waals surface area contributed by atoms with Gasteiger partial charge in [-0.2, -0.15) is 0 Å². The third kappa shape index (κ3) is 3.25. The number of carbonyl (C=O) groups excluding carboxylic acids is 1. The van der Waals surface area contributed by atoms with Crippen molar-refractivity contribution in [1.29, 1.82) is 0 Å². The number of hydrogen-bond donors (Lipinski definition) is 2. The predicted molar refractivity (Wildman–Crippen MR) is 69.4 cm³/mol. The monoisotopic (exact) mass is 297 g/mol. The van der Waals surface area contributed by atoms with E-state index in [0.717, 1.165) is 23.1 Å². The second-order valence-corrected chi connectivity index (χ2v) is 4.58. The lowest BCUT2D eigenvalue weighted by Crippen LogP contribution is -2.42. The molecule has 0 radical (unpaired) electrons. The van der Waals surface area contributed by atoms with Gasteiger partial charge in [0.2, 0.25) is 0 Å². The maximum absolute atomic E-state index is 13.3. The summed E-state index contributed by atoms with van der Waals surface area (Å²) >= 11 is 0. The van der Waals surface area contributed by atoms with Crippen LogP contribution in [0.1, 0.15) is 12.8 Å². The SMILES string of the molecule is O=C(O)C1CCCN1C(=O)Nc1cc(F)cc([N+](=O)[O-])c1. The van der Waals surface area contributed by atoms with Crippen LogP contribution >= 0.6 is 0 Å². The quantitative estimate of drug-likeness (QED) is 0.652. The highest BCUT2D eigenvalue weighted by molar-refractivity contribution is 5.93. The van der Waals surface area contributed by atoms with Crippen molar-refractivity contribution in [3.05, 3.63) is 34.1 Å². The zero-order chi connectivity index (χ0) is 15.6. The second kappa shape index (κ2) is 5.73. The Kier molecular flexibility index (Phi) is 4.01. The van der Waals surface area contributed by atoms with Crippen molar-refractivity contribution in [2.75, 3.05) is 11.9 Å². The zero-order valence-corrected chi connectivity index (χ0v) is 10.8. The lowest BCUT2D eigenvalue weighted by atomic mass is 10.2. The van der Waals surface area contributed by atoms with Crippen molar-refractivity contribution in [1.82, 2.24) is 4.90 Å². The van der Waals surface area contributed by atoms with Crippen LogP contribution < -0.4 is 5.32 Å². The van der Waals surface area contributed by atoms with E-state index in [4.69, 9.17) is 5.11 Å². The van der Waals surface area contributed by atoms with E-state index in [-0.39, 0.29) is 12.2 Å². The van der Waals surface area contributed by atoms with Crippen molar-refractivity contribution in [2.45, 2.75) is 18.9 Å². The number of rotatable bonds is 3. The van der Waals surface area contributed by atoms with Gasteiger partial charge < -0.3 is 15.3 Å². The fraction of sp³-hybridized carbons (Fsp3) is 0.333. The van der Waals surface area contributed by atoms with Crippen molar-refractivity contribution in [3.63, 3.8) is 0 Å². The molecule has 9 heteroatoms. The van der Waals surface area contributed by atoms with E-state index in [2.05, 4.69) is 5.32 Å². The van der Waals surface area contributed by atoms with Crippen LogP contribution in [-0.4, -0.2) is 39.5 Å². The minimum Gasteiger partial charge on any atom is -0.480 e. The molecule has 0 saturated carbocycles. The largest absolute Gasteiger partial charge is 0.480 e. The van der Waals surface area contributed by atoms with Crippen LogP contribution in [0.25, 0.3) is 0 Å². The number of urea groups is 1. The van der Waals surface area contributed by atoms with Gasteiger partial charge in [0.05, 0.1) is 16.7 Å². The molecule has 2 rings (SSSR count). The van der Waals surface area contributed by atoms with E-state index < -0.39 is 34.5 Å². The molecule has 1 aromatic carbocycles. The number of anilines is 1. The lowest BCUT2D eigenvalue weighted by molar-refractivity contribution is -0.385. The van der Waals surface area contributed by atoms with Gasteiger partial charge >= 0.3 is 12.0 Å². The predicted octanol–water partition coefficient (Wildman–Crippen LogP) is 1.81. The molecule has 1 aromatic rings. The van der Waals surface area contributed by atoms with Crippen molar-refractivity contribution in [3.8, 4) is 0 Å². The van der Waals surface area contributed by atoms with Gasteiger partial charge in [-0.25, -0.2) is 14.0 Å². The summed E-state index contributed by atoms with van der Waals surface area (Å²) in [7, 11) is 0. The summed E-state index contributed by atoms with van der Waals surface area (Å²) in [6, 6.07) is 1.00. The van der Waals surface area contributed by atoms with Crippen molar-refractivity contribution < 1.29 is 24.0 Å². The smallest absolute Gasteiger partial charge is 0.326 e. The Bertz CT molecular complexity index is 607. The third-order valence-electron chi connectivity index (χ3n) is 3.14. The normalized spacial score (nSPS) is 17.6. The molecule has 1 atom stereocenters. The highest BCUT2D eigenvalue weighted by Crippen LogP contribution is 2.22. The van der Waals surface area contributed by atoms with Gasteiger partial charge in [-0.15, -0.1) is 0 Å². The average Bonchev–Trinajstić information content (AvgIpc) is 2.87. The minimum atomic E-state index is -1.12. The maximum Gasteiger partial charge on any atom is 0.326 e. The standard InChI is InChI=1S/C12H12FN3O5/c13-7-4-8(6-9(5-7)16(20)21)14-12(19)15-3-1-2-10(15)11(17)18/h4-6,10H,1-3H2,(H,14,19)(H,17,18). The van der Waals surface area contributed by atoms with Crippen LogP contribution in [0.5, 0.6) is 0 Å². The molecule has 0 aromatic heterocycles. The Balaban J connectivity index is 2.16. The Labute approximate surface area is 118 Å². The van der Waals surface area contributed by atoms with E-state index in [1.54, 1.807) is 0 Å². The van der Waals surface area contributed by atoms with Gasteiger partial charge in [0.25, 0.3) is 5.69 Å². The molecule has 2 N–H and O–H groups in total. The van der Waals surface area contributed by atoms with Crippen molar-refractivity contribution >= 4 is 23.4 Å². The number of likely N-dealkylation sites (tertiary alicyclic amines) is 1. The fourth-order valence-electron chi connectivity index (χ4n) is 2.21. The number of halogens is 1. The van der Waals surface area contributed by atoms with Crippen LogP contribution in [0, 0.1) is 15.9 Å². The molecule has 1 heterocycles. The number of non-ortho nitro benzene ring substituents is 1. The maximum atomic E-state index is 13.3. The summed E-state index contributed by atoms with van der Waals surface area (Å²) in [6.45, 7) is 0.264. The van der Waals surface area contributed by atoms with Crippen LogP contribution in [-0.2, 0) is 4.79 Å². The van der Waals surface area contributed by atoms with Crippen LogP contribution in [0.3, 0.4) is 0 Å². The number of nitro groups is 1. The summed E-state index contributed by atoms with van der Waals surface area (Å²) in [4.78, 5) is 33.9. The van der Waals surface area contributed by atoms with Crippen LogP contribution in [0.15, 0.2) is 18.2 Å². The number of amides is 2. The van der Waals surface area contributed by atoms with Gasteiger partial charge in [0.1, 0.15) is 11.9 Å². The first-order chi connectivity index (χ1) is 9.88. The number of nitrogens with one attached hydrogen (secondary N) is 1. The molecule has 0 spiro atoms. The summed E-state index contributed by atoms with van der Waals surface area (Å²) in [5.41, 5.74) is -0.593. The molecule has 1 saturated heterocycles. The zero-order valence-electron chi connectivity index (χ0n) is 10.8. The van der Waals surface area contributed by atoms with Crippen molar-refractivity contribution in [2.24, 2.45) is 0 Å². The number of carboxylic acid groups (broad SMARTS) is 1. The minimum absolute atomic E-state index is 0.0947. The highest BCUT2D eigenvalue weighted by Gasteiger charge is 2.34. The summed E-state index contributed by atoms with van der Waals surface area (Å²) in [5.74, 6) is -1.98. The Morgan fingerprint density at radius 2 is 2.14 bits per heavy atom. The fourth-order valence-corrected chi connectivity index (χ4v) is 2.21. The van der Waals surface area contributed by atoms with E-state index in [0.29, 0.717) is 12.8 Å². The van der Waals surface area contributed by atoms with E-state index >= 15 is 0 Å². The summed E-state index contributed by atoms with van der Waals surface area (Å²) in [5, 5.41) is 21.9. The molecule has 8 nitrogen and oxygen atoms in total. The van der Waals surface area contributed by atoms with Gasteiger partial charge in [-0.05, 0) is 18.9 Å². The molecule has 0 aliphatic carbocycles. The molecule has 1 aliphatic rings. The molecule has 1 aliphatic heterocycles. The topological polar surface area (TPSA) is 113 Å². The van der Waals surface area contributed by atoms with Gasteiger partial charge in [-0.1, -0.05) is 0 Å². The van der Waals surface area contributed by atoms with E-state index in [1.807, 2.05) is 0 Å². The highest BCUT2D eigenvalue weighted by atomic mass is 19.1. The van der Waals surface area contributed by atoms with Gasteiger partial charge in [0.15, 0.2) is 0 Å². The summed E-state index contributed by atoms with van der Waals surface area (Å²) in [6.07, 6.45) is 0.889.